The second-order valence-electron chi connectivity index (χ2n) is 6.66. The third-order valence-corrected chi connectivity index (χ3v) is 4.99. The fourth-order valence-corrected chi connectivity index (χ4v) is 3.29. The molecular formula is C18H26ClNO. The van der Waals surface area contributed by atoms with Crippen LogP contribution in [0.25, 0.3) is 0 Å². The zero-order valence-electron chi connectivity index (χ0n) is 13.4. The lowest BCUT2D eigenvalue weighted by atomic mass is 9.91. The van der Waals surface area contributed by atoms with Gasteiger partial charge in [0.05, 0.1) is 5.54 Å². The predicted molar refractivity (Wildman–Crippen MR) is 89.0 cm³/mol. The maximum absolute atomic E-state index is 12.8. The van der Waals surface area contributed by atoms with E-state index in [9.17, 15) is 4.79 Å². The average molecular weight is 308 g/mol. The van der Waals surface area contributed by atoms with Crippen LogP contribution in [0.5, 0.6) is 0 Å². The summed E-state index contributed by atoms with van der Waals surface area (Å²) in [7, 11) is 0. The lowest BCUT2D eigenvalue weighted by Crippen LogP contribution is -2.51. The Morgan fingerprint density at radius 2 is 1.81 bits per heavy atom. The molecule has 0 amide bonds. The fraction of sp³-hybridized carbons (Fsp3) is 0.611. The molecule has 1 aromatic carbocycles. The van der Waals surface area contributed by atoms with Crippen molar-refractivity contribution in [1.82, 2.24) is 4.90 Å². The summed E-state index contributed by atoms with van der Waals surface area (Å²) < 4.78 is 0. The van der Waals surface area contributed by atoms with Crippen LogP contribution in [-0.2, 0) is 11.2 Å². The molecule has 0 bridgehead atoms. The van der Waals surface area contributed by atoms with E-state index in [2.05, 4.69) is 18.7 Å². The van der Waals surface area contributed by atoms with E-state index in [1.807, 2.05) is 25.1 Å². The van der Waals surface area contributed by atoms with Gasteiger partial charge in [-0.15, -0.1) is 0 Å². The van der Waals surface area contributed by atoms with Crippen LogP contribution >= 0.6 is 11.6 Å². The first kappa shape index (κ1) is 16.5. The number of aryl methyl sites for hydroxylation is 1. The molecule has 2 rings (SSSR count). The molecule has 1 aromatic rings. The molecule has 1 aliphatic rings. The molecule has 116 valence electrons. The van der Waals surface area contributed by atoms with Crippen LogP contribution in [-0.4, -0.2) is 29.3 Å². The number of carbonyl (C=O) groups is 1. The van der Waals surface area contributed by atoms with Crippen molar-refractivity contribution in [2.75, 3.05) is 13.1 Å². The second kappa shape index (κ2) is 6.93. The minimum absolute atomic E-state index is 0.259. The van der Waals surface area contributed by atoms with Gasteiger partial charge in [-0.1, -0.05) is 36.6 Å². The summed E-state index contributed by atoms with van der Waals surface area (Å²) in [6.07, 6.45) is 5.38. The summed E-state index contributed by atoms with van der Waals surface area (Å²) in [4.78, 5) is 15.1. The van der Waals surface area contributed by atoms with Crippen molar-refractivity contribution in [3.63, 3.8) is 0 Å². The normalized spacial score (nSPS) is 17.5. The van der Waals surface area contributed by atoms with Gasteiger partial charge in [-0.3, -0.25) is 9.69 Å². The number of hydrogen-bond donors (Lipinski definition) is 0. The number of nitrogens with zero attached hydrogens (tertiary/aromatic N) is 1. The second-order valence-corrected chi connectivity index (χ2v) is 7.06. The standard InChI is InChI=1S/C18H26ClNO/c1-14-8-9-15(16(19)12-14)13-17(21)18(2,3)20-10-6-4-5-7-11-20/h8-9,12H,4-7,10-11,13H2,1-3H3. The Hall–Kier alpha value is -0.860. The monoisotopic (exact) mass is 307 g/mol. The molecule has 21 heavy (non-hydrogen) atoms. The van der Waals surface area contributed by atoms with Gasteiger partial charge in [-0.25, -0.2) is 0 Å². The number of rotatable bonds is 4. The Morgan fingerprint density at radius 1 is 1.19 bits per heavy atom. The van der Waals surface area contributed by atoms with E-state index in [1.54, 1.807) is 0 Å². The Bertz CT molecular complexity index is 502. The van der Waals surface area contributed by atoms with Gasteiger partial charge in [-0.05, 0) is 63.9 Å². The highest BCUT2D eigenvalue weighted by molar-refractivity contribution is 6.31. The molecule has 2 nitrogen and oxygen atoms in total. The van der Waals surface area contributed by atoms with E-state index in [0.29, 0.717) is 11.4 Å². The van der Waals surface area contributed by atoms with Crippen molar-refractivity contribution in [3.8, 4) is 0 Å². The quantitative estimate of drug-likeness (QED) is 0.821. The number of ketones is 1. The highest BCUT2D eigenvalue weighted by Gasteiger charge is 2.34. The molecule has 1 heterocycles. The first-order chi connectivity index (χ1) is 9.91. The van der Waals surface area contributed by atoms with Crippen LogP contribution in [0.4, 0.5) is 0 Å². The summed E-state index contributed by atoms with van der Waals surface area (Å²) in [5, 5.41) is 0.704. The van der Waals surface area contributed by atoms with Crippen LogP contribution < -0.4 is 0 Å². The molecule has 0 unspecified atom stereocenters. The molecule has 0 radical (unpaired) electrons. The number of carbonyl (C=O) groups excluding carboxylic acids is 1. The molecule has 3 heteroatoms. The van der Waals surface area contributed by atoms with Crippen molar-refractivity contribution < 1.29 is 4.79 Å². The number of Topliss-reactive ketones (excluding diaryl/α,β-unsaturated/α-hetero) is 1. The Labute approximate surface area is 133 Å². The van der Waals surface area contributed by atoms with Crippen LogP contribution in [0.15, 0.2) is 18.2 Å². The predicted octanol–water partition coefficient (Wildman–Crippen LogP) is 4.41. The zero-order chi connectivity index (χ0) is 15.5. The van der Waals surface area contributed by atoms with Crippen molar-refractivity contribution >= 4 is 17.4 Å². The number of benzene rings is 1. The summed E-state index contributed by atoms with van der Waals surface area (Å²) >= 11 is 6.27. The molecule has 0 atom stereocenters. The number of halogens is 1. The van der Waals surface area contributed by atoms with Crippen molar-refractivity contribution in [2.24, 2.45) is 0 Å². The van der Waals surface area contributed by atoms with Gasteiger partial charge in [-0.2, -0.15) is 0 Å². The third kappa shape index (κ3) is 4.08. The molecule has 1 fully saturated rings. The van der Waals surface area contributed by atoms with Gasteiger partial charge in [0.2, 0.25) is 0 Å². The maximum atomic E-state index is 12.8. The lowest BCUT2D eigenvalue weighted by Gasteiger charge is -2.36. The van der Waals surface area contributed by atoms with E-state index in [4.69, 9.17) is 11.6 Å². The smallest absolute Gasteiger partial charge is 0.156 e. The molecule has 1 saturated heterocycles. The van der Waals surface area contributed by atoms with Gasteiger partial charge in [0, 0.05) is 11.4 Å². The van der Waals surface area contributed by atoms with E-state index in [1.165, 1.54) is 25.7 Å². The molecule has 0 aromatic heterocycles. The SMILES string of the molecule is Cc1ccc(CC(=O)C(C)(C)N2CCCCCC2)c(Cl)c1. The molecular weight excluding hydrogens is 282 g/mol. The summed E-state index contributed by atoms with van der Waals surface area (Å²) in [6, 6.07) is 5.94. The topological polar surface area (TPSA) is 20.3 Å². The molecule has 0 saturated carbocycles. The zero-order valence-corrected chi connectivity index (χ0v) is 14.2. The molecule has 0 aliphatic carbocycles. The Balaban J connectivity index is 2.10. The summed E-state index contributed by atoms with van der Waals surface area (Å²) in [6.45, 7) is 8.19. The van der Waals surface area contributed by atoms with Crippen LogP contribution in [0.3, 0.4) is 0 Å². The van der Waals surface area contributed by atoms with Crippen LogP contribution in [0.1, 0.15) is 50.7 Å². The van der Waals surface area contributed by atoms with Crippen LogP contribution in [0.2, 0.25) is 5.02 Å². The van der Waals surface area contributed by atoms with Gasteiger partial charge >= 0.3 is 0 Å². The number of hydrogen-bond acceptors (Lipinski definition) is 2. The van der Waals surface area contributed by atoms with E-state index >= 15 is 0 Å². The van der Waals surface area contributed by atoms with Crippen molar-refractivity contribution in [3.05, 3.63) is 34.3 Å². The van der Waals surface area contributed by atoms with Gasteiger partial charge in [0.25, 0.3) is 0 Å². The fourth-order valence-electron chi connectivity index (χ4n) is 2.99. The van der Waals surface area contributed by atoms with Crippen LogP contribution in [0, 0.1) is 6.92 Å². The van der Waals surface area contributed by atoms with E-state index < -0.39 is 5.54 Å². The summed E-state index contributed by atoms with van der Waals surface area (Å²) in [5.74, 6) is 0.259. The highest BCUT2D eigenvalue weighted by Crippen LogP contribution is 2.25. The first-order valence-electron chi connectivity index (χ1n) is 7.94. The van der Waals surface area contributed by atoms with Crippen molar-refractivity contribution in [1.29, 1.82) is 0 Å². The highest BCUT2D eigenvalue weighted by atomic mass is 35.5. The molecule has 0 N–H and O–H groups in total. The maximum Gasteiger partial charge on any atom is 0.156 e. The van der Waals surface area contributed by atoms with Gasteiger partial charge in [0.15, 0.2) is 5.78 Å². The summed E-state index contributed by atoms with van der Waals surface area (Å²) in [5.41, 5.74) is 1.66. The molecule has 0 spiro atoms. The van der Waals surface area contributed by atoms with E-state index in [-0.39, 0.29) is 5.78 Å². The van der Waals surface area contributed by atoms with Gasteiger partial charge in [0.1, 0.15) is 0 Å². The first-order valence-corrected chi connectivity index (χ1v) is 8.32. The third-order valence-electron chi connectivity index (χ3n) is 4.64. The minimum Gasteiger partial charge on any atom is -0.297 e. The van der Waals surface area contributed by atoms with Gasteiger partial charge < -0.3 is 0 Å². The Morgan fingerprint density at radius 3 is 2.38 bits per heavy atom. The number of likely N-dealkylation sites (tertiary alicyclic amines) is 1. The molecule has 1 aliphatic heterocycles. The van der Waals surface area contributed by atoms with E-state index in [0.717, 1.165) is 24.2 Å². The lowest BCUT2D eigenvalue weighted by molar-refractivity contribution is -0.128. The average Bonchev–Trinajstić information content (AvgIpc) is 2.71. The Kier molecular flexibility index (Phi) is 5.45. The van der Waals surface area contributed by atoms with Crippen molar-refractivity contribution in [2.45, 2.75) is 58.4 Å². The minimum atomic E-state index is -0.404. The largest absolute Gasteiger partial charge is 0.297 e.